The summed E-state index contributed by atoms with van der Waals surface area (Å²) in [5.41, 5.74) is 0.284. The average molecular weight is 291 g/mol. The first-order valence-corrected chi connectivity index (χ1v) is 7.88. The van der Waals surface area contributed by atoms with E-state index in [1.54, 1.807) is 0 Å². The highest BCUT2D eigenvalue weighted by atomic mass is 16.5. The Morgan fingerprint density at radius 2 is 2.10 bits per heavy atom. The molecule has 0 amide bonds. The van der Waals surface area contributed by atoms with Gasteiger partial charge in [-0.05, 0) is 31.9 Å². The molecule has 1 saturated carbocycles. The Labute approximate surface area is 126 Å². The van der Waals surface area contributed by atoms with Gasteiger partial charge in [0.1, 0.15) is 18.0 Å². The molecule has 1 aromatic rings. The van der Waals surface area contributed by atoms with E-state index in [1.165, 1.54) is 24.8 Å². The number of nitrogens with zero attached hydrogens (tertiary/aromatic N) is 1. The molecule has 2 fully saturated rings. The summed E-state index contributed by atoms with van der Waals surface area (Å²) in [7, 11) is 0. The molecule has 3 rings (SSSR count). The van der Waals surface area contributed by atoms with Crippen molar-refractivity contribution in [2.24, 2.45) is 0 Å². The second-order valence-corrected chi connectivity index (χ2v) is 6.43. The van der Waals surface area contributed by atoms with Crippen molar-refractivity contribution < 1.29 is 14.6 Å². The monoisotopic (exact) mass is 291 g/mol. The minimum absolute atomic E-state index is 0.277. The van der Waals surface area contributed by atoms with Crippen molar-refractivity contribution in [1.29, 1.82) is 0 Å². The fourth-order valence-corrected chi connectivity index (χ4v) is 2.95. The molecule has 1 atom stereocenters. The SMILES string of the molecule is Cc1ccc(OCC2(O)COCCN(C3CCC3)C2)cc1. The van der Waals surface area contributed by atoms with Crippen molar-refractivity contribution in [3.63, 3.8) is 0 Å². The molecule has 21 heavy (non-hydrogen) atoms. The lowest BCUT2D eigenvalue weighted by Gasteiger charge is -2.39. The van der Waals surface area contributed by atoms with Crippen LogP contribution in [0.3, 0.4) is 0 Å². The summed E-state index contributed by atoms with van der Waals surface area (Å²) in [5.74, 6) is 0.800. The molecule has 4 heteroatoms. The van der Waals surface area contributed by atoms with Crippen LogP contribution in [0, 0.1) is 6.92 Å². The molecule has 1 heterocycles. The molecule has 116 valence electrons. The number of aliphatic hydroxyl groups is 1. The summed E-state index contributed by atoms with van der Waals surface area (Å²) in [6.07, 6.45) is 3.80. The van der Waals surface area contributed by atoms with Gasteiger partial charge in [0.05, 0.1) is 13.2 Å². The third kappa shape index (κ3) is 3.76. The molecule has 0 bridgehead atoms. The van der Waals surface area contributed by atoms with Crippen molar-refractivity contribution >= 4 is 0 Å². The largest absolute Gasteiger partial charge is 0.490 e. The summed E-state index contributed by atoms with van der Waals surface area (Å²) < 4.78 is 11.4. The van der Waals surface area contributed by atoms with Gasteiger partial charge in [0, 0.05) is 19.1 Å². The van der Waals surface area contributed by atoms with Crippen LogP contribution >= 0.6 is 0 Å². The molecule has 2 aliphatic rings. The molecular weight excluding hydrogens is 266 g/mol. The Morgan fingerprint density at radius 3 is 2.76 bits per heavy atom. The van der Waals surface area contributed by atoms with Crippen molar-refractivity contribution in [1.82, 2.24) is 4.90 Å². The van der Waals surface area contributed by atoms with E-state index in [0.29, 0.717) is 25.8 Å². The first kappa shape index (κ1) is 14.8. The van der Waals surface area contributed by atoms with E-state index in [9.17, 15) is 5.11 Å². The Balaban J connectivity index is 1.59. The number of hydrogen-bond donors (Lipinski definition) is 1. The topological polar surface area (TPSA) is 41.9 Å². The zero-order chi connectivity index (χ0) is 14.7. The van der Waals surface area contributed by atoms with Crippen molar-refractivity contribution in [3.05, 3.63) is 29.8 Å². The number of ether oxygens (including phenoxy) is 2. The van der Waals surface area contributed by atoms with Crippen LogP contribution in [-0.2, 0) is 4.74 Å². The van der Waals surface area contributed by atoms with Gasteiger partial charge < -0.3 is 14.6 Å². The van der Waals surface area contributed by atoms with Gasteiger partial charge in [0.2, 0.25) is 0 Å². The smallest absolute Gasteiger partial charge is 0.134 e. The summed E-state index contributed by atoms with van der Waals surface area (Å²) in [5, 5.41) is 10.8. The van der Waals surface area contributed by atoms with E-state index in [0.717, 1.165) is 12.3 Å². The van der Waals surface area contributed by atoms with Gasteiger partial charge in [-0.15, -0.1) is 0 Å². The van der Waals surface area contributed by atoms with Crippen LogP contribution in [0.4, 0.5) is 0 Å². The van der Waals surface area contributed by atoms with Crippen LogP contribution in [0.5, 0.6) is 5.75 Å². The maximum absolute atomic E-state index is 10.8. The molecule has 1 aliphatic carbocycles. The minimum atomic E-state index is -0.920. The van der Waals surface area contributed by atoms with E-state index in [2.05, 4.69) is 4.90 Å². The summed E-state index contributed by atoms with van der Waals surface area (Å²) >= 11 is 0. The van der Waals surface area contributed by atoms with Gasteiger partial charge in [-0.25, -0.2) is 0 Å². The van der Waals surface area contributed by atoms with Gasteiger partial charge >= 0.3 is 0 Å². The Hall–Kier alpha value is -1.10. The van der Waals surface area contributed by atoms with E-state index >= 15 is 0 Å². The number of hydrogen-bond acceptors (Lipinski definition) is 4. The maximum atomic E-state index is 10.8. The molecule has 4 nitrogen and oxygen atoms in total. The predicted molar refractivity (Wildman–Crippen MR) is 81.7 cm³/mol. The van der Waals surface area contributed by atoms with Crippen LogP contribution < -0.4 is 4.74 Å². The Kier molecular flexibility index (Phi) is 4.48. The second-order valence-electron chi connectivity index (χ2n) is 6.43. The van der Waals surface area contributed by atoms with E-state index in [1.807, 2.05) is 31.2 Å². The maximum Gasteiger partial charge on any atom is 0.134 e. The first-order valence-electron chi connectivity index (χ1n) is 7.88. The molecule has 1 N–H and O–H groups in total. The molecule has 1 unspecified atom stereocenters. The van der Waals surface area contributed by atoms with Gasteiger partial charge in [0.25, 0.3) is 0 Å². The van der Waals surface area contributed by atoms with Gasteiger partial charge in [-0.3, -0.25) is 4.90 Å². The molecule has 0 aromatic heterocycles. The first-order chi connectivity index (χ1) is 10.1. The number of β-amino-alcohol motifs (C(OH)–C–C–N with tert-alkyl or cyclic N) is 1. The van der Waals surface area contributed by atoms with E-state index < -0.39 is 5.60 Å². The predicted octanol–water partition coefficient (Wildman–Crippen LogP) is 1.99. The number of benzene rings is 1. The average Bonchev–Trinajstić information content (AvgIpc) is 2.59. The molecule has 1 saturated heterocycles. The highest BCUT2D eigenvalue weighted by Gasteiger charge is 2.37. The summed E-state index contributed by atoms with van der Waals surface area (Å²) in [6.45, 7) is 4.93. The minimum Gasteiger partial charge on any atom is -0.490 e. The van der Waals surface area contributed by atoms with Crippen LogP contribution in [0.15, 0.2) is 24.3 Å². The third-order valence-corrected chi connectivity index (χ3v) is 4.51. The Bertz CT molecular complexity index is 458. The van der Waals surface area contributed by atoms with Gasteiger partial charge in [-0.1, -0.05) is 24.1 Å². The quantitative estimate of drug-likeness (QED) is 0.921. The number of rotatable bonds is 4. The zero-order valence-corrected chi connectivity index (χ0v) is 12.8. The van der Waals surface area contributed by atoms with E-state index in [-0.39, 0.29) is 6.61 Å². The van der Waals surface area contributed by atoms with Crippen LogP contribution in [0.1, 0.15) is 24.8 Å². The molecular formula is C17H25NO3. The lowest BCUT2D eigenvalue weighted by Crippen LogP contribution is -2.52. The normalized spacial score (nSPS) is 27.9. The summed E-state index contributed by atoms with van der Waals surface area (Å²) in [4.78, 5) is 2.37. The molecule has 0 spiro atoms. The number of aryl methyl sites for hydroxylation is 1. The fourth-order valence-electron chi connectivity index (χ4n) is 2.95. The lowest BCUT2D eigenvalue weighted by molar-refractivity contribution is -0.0698. The third-order valence-electron chi connectivity index (χ3n) is 4.51. The van der Waals surface area contributed by atoms with Crippen molar-refractivity contribution in [3.8, 4) is 5.75 Å². The summed E-state index contributed by atoms with van der Waals surface area (Å²) in [6, 6.07) is 8.55. The van der Waals surface area contributed by atoms with Crippen LogP contribution in [-0.4, -0.2) is 54.6 Å². The zero-order valence-electron chi connectivity index (χ0n) is 12.8. The highest BCUT2D eigenvalue weighted by molar-refractivity contribution is 5.26. The van der Waals surface area contributed by atoms with E-state index in [4.69, 9.17) is 9.47 Å². The van der Waals surface area contributed by atoms with Crippen LogP contribution in [0.25, 0.3) is 0 Å². The highest BCUT2D eigenvalue weighted by Crippen LogP contribution is 2.27. The van der Waals surface area contributed by atoms with Crippen LogP contribution in [0.2, 0.25) is 0 Å². The standard InChI is InChI=1S/C17H25NO3/c1-14-5-7-16(8-6-14)21-13-17(19)11-18(9-10-20-12-17)15-3-2-4-15/h5-8,15,19H,2-4,9-13H2,1H3. The Morgan fingerprint density at radius 1 is 1.33 bits per heavy atom. The fraction of sp³-hybridized carbons (Fsp3) is 0.647. The second kappa shape index (κ2) is 6.34. The molecule has 0 radical (unpaired) electrons. The van der Waals surface area contributed by atoms with Gasteiger partial charge in [0.15, 0.2) is 0 Å². The molecule has 1 aromatic carbocycles. The van der Waals surface area contributed by atoms with Crippen molar-refractivity contribution in [2.75, 3.05) is 32.9 Å². The lowest BCUT2D eigenvalue weighted by atomic mass is 9.90. The molecule has 1 aliphatic heterocycles. The van der Waals surface area contributed by atoms with Gasteiger partial charge in [-0.2, -0.15) is 0 Å². The van der Waals surface area contributed by atoms with Crippen molar-refractivity contribution in [2.45, 2.75) is 37.8 Å².